The van der Waals surface area contributed by atoms with Crippen molar-refractivity contribution in [2.24, 2.45) is 17.8 Å². The zero-order valence-corrected chi connectivity index (χ0v) is 12.4. The lowest BCUT2D eigenvalue weighted by Gasteiger charge is -2.60. The van der Waals surface area contributed by atoms with E-state index in [1.165, 1.54) is 0 Å². The molecule has 1 saturated heterocycles. The van der Waals surface area contributed by atoms with Gasteiger partial charge in [0.1, 0.15) is 0 Å². The van der Waals surface area contributed by atoms with E-state index in [0.717, 1.165) is 34.2 Å². The van der Waals surface area contributed by atoms with Crippen LogP contribution in [0, 0.1) is 17.8 Å². The Kier molecular flexibility index (Phi) is 2.47. The lowest BCUT2D eigenvalue weighted by atomic mass is 9.56. The maximum Gasteiger partial charge on any atom is -0.00817 e. The van der Waals surface area contributed by atoms with Crippen LogP contribution in [0.2, 0.25) is 0 Å². The fourth-order valence-corrected chi connectivity index (χ4v) is 11.5. The van der Waals surface area contributed by atoms with Crippen LogP contribution in [0.3, 0.4) is 0 Å². The molecular formula is C16H27P. The largest absolute Gasteiger partial charge is 0.0945 e. The van der Waals surface area contributed by atoms with Crippen LogP contribution in [-0.4, -0.2) is 16.5 Å². The Bertz CT molecular complexity index is 276. The number of hydrogen-bond donors (Lipinski definition) is 0. The van der Waals surface area contributed by atoms with Crippen molar-refractivity contribution in [1.82, 2.24) is 0 Å². The van der Waals surface area contributed by atoms with Gasteiger partial charge >= 0.3 is 0 Å². The molecule has 4 bridgehead atoms. The van der Waals surface area contributed by atoms with E-state index in [1.807, 2.05) is 0 Å². The summed E-state index contributed by atoms with van der Waals surface area (Å²) in [6, 6.07) is 0. The van der Waals surface area contributed by atoms with Gasteiger partial charge in [0, 0.05) is 0 Å². The van der Waals surface area contributed by atoms with Crippen LogP contribution in [0.15, 0.2) is 0 Å². The fraction of sp³-hybridized carbons (Fsp3) is 1.00. The minimum atomic E-state index is 0.358. The maximum atomic E-state index is 2.59. The van der Waals surface area contributed by atoms with E-state index < -0.39 is 0 Å². The van der Waals surface area contributed by atoms with Crippen molar-refractivity contribution in [1.29, 1.82) is 0 Å². The minimum Gasteiger partial charge on any atom is -0.0945 e. The highest BCUT2D eigenvalue weighted by molar-refractivity contribution is 7.61. The van der Waals surface area contributed by atoms with Crippen molar-refractivity contribution in [3.05, 3.63) is 0 Å². The summed E-state index contributed by atoms with van der Waals surface area (Å²) in [5.74, 6) is 3.47. The molecule has 2 atom stereocenters. The van der Waals surface area contributed by atoms with E-state index in [9.17, 15) is 0 Å². The van der Waals surface area contributed by atoms with Gasteiger partial charge in [-0.3, -0.25) is 0 Å². The highest BCUT2D eigenvalue weighted by atomic mass is 31.1. The van der Waals surface area contributed by atoms with Crippen LogP contribution >= 0.6 is 7.92 Å². The highest BCUT2D eigenvalue weighted by Crippen LogP contribution is 2.74. The average Bonchev–Trinajstić information content (AvgIpc) is 2.56. The molecule has 1 heterocycles. The lowest BCUT2D eigenvalue weighted by molar-refractivity contribution is 0.0351. The Morgan fingerprint density at radius 3 is 1.59 bits per heavy atom. The summed E-state index contributed by atoms with van der Waals surface area (Å²) in [6.45, 7) is 5.18. The van der Waals surface area contributed by atoms with E-state index in [0.29, 0.717) is 7.92 Å². The van der Waals surface area contributed by atoms with Gasteiger partial charge in [-0.15, -0.1) is 0 Å². The van der Waals surface area contributed by atoms with Gasteiger partial charge < -0.3 is 0 Å². The van der Waals surface area contributed by atoms with E-state index in [2.05, 4.69) is 13.8 Å². The molecule has 0 aromatic carbocycles. The molecule has 0 N–H and O–H groups in total. The SMILES string of the molecule is C[C@@H]1CC[C@@H](C)P1C12CC3CC(CC(C3)C1)C2. The lowest BCUT2D eigenvalue weighted by Crippen LogP contribution is -2.50. The second-order valence-electron chi connectivity index (χ2n) is 7.82. The monoisotopic (exact) mass is 250 g/mol. The molecule has 0 aromatic rings. The van der Waals surface area contributed by atoms with Crippen molar-refractivity contribution in [2.45, 2.75) is 81.7 Å². The Hall–Kier alpha value is 0.430. The summed E-state index contributed by atoms with van der Waals surface area (Å²) in [7, 11) is 0.358. The van der Waals surface area contributed by atoms with Crippen molar-refractivity contribution < 1.29 is 0 Å². The molecule has 0 amide bonds. The van der Waals surface area contributed by atoms with Gasteiger partial charge in [0.25, 0.3) is 0 Å². The average molecular weight is 250 g/mol. The van der Waals surface area contributed by atoms with Crippen molar-refractivity contribution >= 4 is 7.92 Å². The Morgan fingerprint density at radius 2 is 1.18 bits per heavy atom. The van der Waals surface area contributed by atoms with Crippen LogP contribution < -0.4 is 0 Å². The first-order valence-corrected chi connectivity index (χ1v) is 9.43. The van der Waals surface area contributed by atoms with Crippen molar-refractivity contribution in [3.8, 4) is 0 Å². The predicted octanol–water partition coefficient (Wildman–Crippen LogP) is 5.01. The third kappa shape index (κ3) is 1.59. The quantitative estimate of drug-likeness (QED) is 0.574. The standard InChI is InChI=1S/C16H27P/c1-11-3-4-12(2)17(11)16-8-13-5-14(9-16)7-15(6-13)10-16/h11-15H,3-10H2,1-2H3/t11-,12-,13?,14?,15?,16?/m1/s1. The molecule has 0 aromatic heterocycles. The summed E-state index contributed by atoms with van der Waals surface area (Å²) in [4.78, 5) is 0. The molecule has 5 aliphatic rings. The van der Waals surface area contributed by atoms with E-state index >= 15 is 0 Å². The molecule has 0 radical (unpaired) electrons. The third-order valence-corrected chi connectivity index (χ3v) is 10.6. The molecule has 5 fully saturated rings. The first-order chi connectivity index (χ1) is 8.16. The normalized spacial score (nSPS) is 57.9. The Morgan fingerprint density at radius 1 is 0.765 bits per heavy atom. The molecule has 17 heavy (non-hydrogen) atoms. The van der Waals surface area contributed by atoms with E-state index in [1.54, 1.807) is 51.4 Å². The van der Waals surface area contributed by atoms with Crippen molar-refractivity contribution in [3.63, 3.8) is 0 Å². The van der Waals surface area contributed by atoms with Gasteiger partial charge in [0.05, 0.1) is 0 Å². The van der Waals surface area contributed by atoms with Crippen LogP contribution in [-0.2, 0) is 0 Å². The Labute approximate surface area is 108 Å². The summed E-state index contributed by atoms with van der Waals surface area (Å²) in [5.41, 5.74) is 2.19. The van der Waals surface area contributed by atoms with Gasteiger partial charge in [0.2, 0.25) is 0 Å². The van der Waals surface area contributed by atoms with Gasteiger partial charge in [-0.2, -0.15) is 0 Å². The number of hydrogen-bond acceptors (Lipinski definition) is 0. The zero-order chi connectivity index (χ0) is 11.6. The molecule has 1 heteroatoms. The summed E-state index contributed by atoms with van der Waals surface area (Å²) in [5, 5.41) is 0.888. The molecule has 4 aliphatic carbocycles. The summed E-state index contributed by atoms with van der Waals surface area (Å²) >= 11 is 0. The van der Waals surface area contributed by atoms with Gasteiger partial charge in [-0.1, -0.05) is 21.8 Å². The first kappa shape index (κ1) is 11.3. The maximum absolute atomic E-state index is 2.59. The zero-order valence-electron chi connectivity index (χ0n) is 11.5. The minimum absolute atomic E-state index is 0.358. The molecule has 5 rings (SSSR count). The number of rotatable bonds is 1. The van der Waals surface area contributed by atoms with Crippen molar-refractivity contribution in [2.75, 3.05) is 0 Å². The van der Waals surface area contributed by atoms with Crippen LogP contribution in [0.5, 0.6) is 0 Å². The molecular weight excluding hydrogens is 223 g/mol. The van der Waals surface area contributed by atoms with Gasteiger partial charge in [-0.25, -0.2) is 0 Å². The molecule has 0 nitrogen and oxygen atoms in total. The van der Waals surface area contributed by atoms with Crippen LogP contribution in [0.25, 0.3) is 0 Å². The third-order valence-electron chi connectivity index (χ3n) is 6.51. The predicted molar refractivity (Wildman–Crippen MR) is 76.0 cm³/mol. The van der Waals surface area contributed by atoms with E-state index in [4.69, 9.17) is 0 Å². The second kappa shape index (κ2) is 3.72. The summed E-state index contributed by atoms with van der Waals surface area (Å²) in [6.07, 6.45) is 12.9. The topological polar surface area (TPSA) is 0 Å². The second-order valence-corrected chi connectivity index (χ2v) is 11.4. The first-order valence-electron chi connectivity index (χ1n) is 7.95. The van der Waals surface area contributed by atoms with Crippen LogP contribution in [0.1, 0.15) is 65.2 Å². The molecule has 1 aliphatic heterocycles. The molecule has 0 unspecified atom stereocenters. The summed E-state index contributed by atoms with van der Waals surface area (Å²) < 4.78 is 0. The van der Waals surface area contributed by atoms with E-state index in [-0.39, 0.29) is 0 Å². The highest BCUT2D eigenvalue weighted by Gasteiger charge is 2.56. The Balaban J connectivity index is 1.68. The molecule has 96 valence electrons. The van der Waals surface area contributed by atoms with Gasteiger partial charge in [-0.05, 0) is 85.6 Å². The van der Waals surface area contributed by atoms with Crippen LogP contribution in [0.4, 0.5) is 0 Å². The molecule has 0 spiro atoms. The smallest absolute Gasteiger partial charge is 0.00817 e. The molecule has 4 saturated carbocycles. The van der Waals surface area contributed by atoms with Gasteiger partial charge in [0.15, 0.2) is 0 Å². The fourth-order valence-electron chi connectivity index (χ4n) is 6.51.